The molecule has 1 nitrogen and oxygen atoms in total. The third-order valence-corrected chi connectivity index (χ3v) is 3.39. The number of hydrogen-bond acceptors (Lipinski definition) is 1. The zero-order chi connectivity index (χ0) is 12.1. The summed E-state index contributed by atoms with van der Waals surface area (Å²) in [5.74, 6) is -0.0631. The molecule has 1 aromatic rings. The molecule has 0 spiro atoms. The zero-order valence-electron chi connectivity index (χ0n) is 9.71. The number of hydrogen-bond donors (Lipinski definition) is 1. The molecule has 0 heterocycles. The van der Waals surface area contributed by atoms with Crippen LogP contribution in [0.2, 0.25) is 5.02 Å². The first-order valence-electron chi connectivity index (χ1n) is 5.70. The summed E-state index contributed by atoms with van der Waals surface area (Å²) in [6, 6.07) is 4.31. The molecule has 0 saturated carbocycles. The molecule has 0 saturated heterocycles. The normalized spacial score (nSPS) is 13.1. The van der Waals surface area contributed by atoms with Gasteiger partial charge in [0.1, 0.15) is 5.82 Å². The van der Waals surface area contributed by atoms with Crippen LogP contribution in [0.1, 0.15) is 32.3 Å². The first-order chi connectivity index (χ1) is 7.58. The van der Waals surface area contributed by atoms with E-state index in [-0.39, 0.29) is 11.7 Å². The topological polar surface area (TPSA) is 20.2 Å². The van der Waals surface area contributed by atoms with E-state index in [1.54, 1.807) is 6.07 Å². The molecular weight excluding hydrogens is 227 g/mol. The number of aliphatic hydroxyl groups excluding tert-OH is 1. The van der Waals surface area contributed by atoms with Gasteiger partial charge < -0.3 is 5.11 Å². The highest BCUT2D eigenvalue weighted by atomic mass is 35.5. The van der Waals surface area contributed by atoms with E-state index in [0.717, 1.165) is 18.4 Å². The maximum absolute atomic E-state index is 12.8. The lowest BCUT2D eigenvalue weighted by Crippen LogP contribution is -2.21. The first-order valence-corrected chi connectivity index (χ1v) is 6.08. The standard InChI is InChI=1S/C13H18ClFO/c1-3-9(4-2)13(16)7-10-5-6-11(15)8-12(10)14/h5-6,8-9,13,16H,3-4,7H2,1-2H3. The van der Waals surface area contributed by atoms with Gasteiger partial charge in [0.25, 0.3) is 0 Å². The van der Waals surface area contributed by atoms with Crippen LogP contribution in [-0.2, 0) is 6.42 Å². The minimum absolute atomic E-state index is 0.279. The van der Waals surface area contributed by atoms with Gasteiger partial charge in [-0.3, -0.25) is 0 Å². The number of rotatable bonds is 5. The van der Waals surface area contributed by atoms with Crippen molar-refractivity contribution in [3.05, 3.63) is 34.6 Å². The van der Waals surface area contributed by atoms with Crippen LogP contribution >= 0.6 is 11.6 Å². The van der Waals surface area contributed by atoms with Crippen LogP contribution in [-0.4, -0.2) is 11.2 Å². The van der Waals surface area contributed by atoms with Crippen LogP contribution in [0.25, 0.3) is 0 Å². The Morgan fingerprint density at radius 1 is 1.31 bits per heavy atom. The first kappa shape index (κ1) is 13.5. The highest BCUT2D eigenvalue weighted by Gasteiger charge is 2.17. The lowest BCUT2D eigenvalue weighted by atomic mass is 9.92. The maximum atomic E-state index is 12.8. The minimum atomic E-state index is -0.405. The molecule has 0 aliphatic carbocycles. The van der Waals surface area contributed by atoms with Gasteiger partial charge in [-0.15, -0.1) is 0 Å². The van der Waals surface area contributed by atoms with Gasteiger partial charge in [0.05, 0.1) is 6.10 Å². The summed E-state index contributed by atoms with van der Waals surface area (Å²) in [6.07, 6.45) is 1.97. The van der Waals surface area contributed by atoms with Gasteiger partial charge in [-0.05, 0) is 23.6 Å². The average Bonchev–Trinajstić information content (AvgIpc) is 2.24. The highest BCUT2D eigenvalue weighted by Crippen LogP contribution is 2.22. The summed E-state index contributed by atoms with van der Waals surface area (Å²) in [6.45, 7) is 4.12. The molecule has 0 fully saturated rings. The van der Waals surface area contributed by atoms with Crippen molar-refractivity contribution in [2.45, 2.75) is 39.2 Å². The van der Waals surface area contributed by atoms with Crippen molar-refractivity contribution in [3.63, 3.8) is 0 Å². The van der Waals surface area contributed by atoms with Crippen LogP contribution in [0.5, 0.6) is 0 Å². The lowest BCUT2D eigenvalue weighted by Gasteiger charge is -2.20. The Bertz CT molecular complexity index is 337. The predicted molar refractivity (Wildman–Crippen MR) is 65.2 cm³/mol. The average molecular weight is 245 g/mol. The molecule has 1 unspecified atom stereocenters. The van der Waals surface area contributed by atoms with Crippen molar-refractivity contribution in [1.82, 2.24) is 0 Å². The molecule has 1 N–H and O–H groups in total. The van der Waals surface area contributed by atoms with Crippen molar-refractivity contribution >= 4 is 11.6 Å². The number of halogens is 2. The molecule has 1 atom stereocenters. The molecule has 1 aromatic carbocycles. The van der Waals surface area contributed by atoms with Gasteiger partial charge in [-0.25, -0.2) is 4.39 Å². The molecule has 0 bridgehead atoms. The SMILES string of the molecule is CCC(CC)C(O)Cc1ccc(F)cc1Cl. The van der Waals surface area contributed by atoms with E-state index < -0.39 is 6.10 Å². The predicted octanol–water partition coefficient (Wildman–Crippen LogP) is 3.82. The van der Waals surface area contributed by atoms with E-state index in [4.69, 9.17) is 11.6 Å². The molecule has 16 heavy (non-hydrogen) atoms. The van der Waals surface area contributed by atoms with Crippen molar-refractivity contribution in [3.8, 4) is 0 Å². The van der Waals surface area contributed by atoms with Crippen LogP contribution in [0.4, 0.5) is 4.39 Å². The van der Waals surface area contributed by atoms with E-state index in [0.29, 0.717) is 11.4 Å². The fourth-order valence-electron chi connectivity index (χ4n) is 1.91. The van der Waals surface area contributed by atoms with E-state index >= 15 is 0 Å². The summed E-state index contributed by atoms with van der Waals surface area (Å²) in [4.78, 5) is 0. The summed E-state index contributed by atoms with van der Waals surface area (Å²) in [7, 11) is 0. The number of aliphatic hydroxyl groups is 1. The highest BCUT2D eigenvalue weighted by molar-refractivity contribution is 6.31. The van der Waals surface area contributed by atoms with Gasteiger partial charge in [0.15, 0.2) is 0 Å². The lowest BCUT2D eigenvalue weighted by molar-refractivity contribution is 0.103. The van der Waals surface area contributed by atoms with Crippen molar-refractivity contribution in [2.75, 3.05) is 0 Å². The number of benzene rings is 1. The Morgan fingerprint density at radius 2 is 1.94 bits per heavy atom. The molecule has 0 amide bonds. The quantitative estimate of drug-likeness (QED) is 0.835. The smallest absolute Gasteiger partial charge is 0.124 e. The fraction of sp³-hybridized carbons (Fsp3) is 0.538. The Labute approximate surface area is 101 Å². The maximum Gasteiger partial charge on any atom is 0.124 e. The molecule has 90 valence electrons. The fourth-order valence-corrected chi connectivity index (χ4v) is 2.16. The summed E-state index contributed by atoms with van der Waals surface area (Å²) in [5.41, 5.74) is 0.808. The van der Waals surface area contributed by atoms with E-state index in [1.807, 2.05) is 0 Å². The van der Waals surface area contributed by atoms with E-state index in [9.17, 15) is 9.50 Å². The molecule has 0 aliphatic rings. The molecule has 0 radical (unpaired) electrons. The van der Waals surface area contributed by atoms with Gasteiger partial charge >= 0.3 is 0 Å². The van der Waals surface area contributed by atoms with Crippen LogP contribution in [0, 0.1) is 11.7 Å². The molecule has 1 rings (SSSR count). The Balaban J connectivity index is 2.72. The Hall–Kier alpha value is -0.600. The summed E-state index contributed by atoms with van der Waals surface area (Å²) in [5, 5.41) is 10.4. The minimum Gasteiger partial charge on any atom is -0.392 e. The van der Waals surface area contributed by atoms with Crippen molar-refractivity contribution in [2.24, 2.45) is 5.92 Å². The summed E-state index contributed by atoms with van der Waals surface area (Å²) >= 11 is 5.91. The van der Waals surface area contributed by atoms with Crippen LogP contribution in [0.15, 0.2) is 18.2 Å². The van der Waals surface area contributed by atoms with Crippen LogP contribution in [0.3, 0.4) is 0 Å². The van der Waals surface area contributed by atoms with E-state index in [1.165, 1.54) is 12.1 Å². The van der Waals surface area contributed by atoms with Gasteiger partial charge in [-0.1, -0.05) is 44.4 Å². The third-order valence-electron chi connectivity index (χ3n) is 3.04. The molecule has 3 heteroatoms. The second-order valence-electron chi connectivity index (χ2n) is 4.08. The van der Waals surface area contributed by atoms with Gasteiger partial charge in [0.2, 0.25) is 0 Å². The largest absolute Gasteiger partial charge is 0.392 e. The molecule has 0 aromatic heterocycles. The second-order valence-corrected chi connectivity index (χ2v) is 4.49. The van der Waals surface area contributed by atoms with Gasteiger partial charge in [-0.2, -0.15) is 0 Å². The second kappa shape index (κ2) is 6.21. The Morgan fingerprint density at radius 3 is 2.44 bits per heavy atom. The van der Waals surface area contributed by atoms with Gasteiger partial charge in [0, 0.05) is 11.4 Å². The molecule has 0 aliphatic heterocycles. The van der Waals surface area contributed by atoms with Crippen molar-refractivity contribution in [1.29, 1.82) is 0 Å². The Kier molecular flexibility index (Phi) is 5.23. The monoisotopic (exact) mass is 244 g/mol. The van der Waals surface area contributed by atoms with Crippen LogP contribution < -0.4 is 0 Å². The van der Waals surface area contributed by atoms with Crippen molar-refractivity contribution < 1.29 is 9.50 Å². The molecular formula is C13H18ClFO. The zero-order valence-corrected chi connectivity index (χ0v) is 10.5. The summed E-state index contributed by atoms with van der Waals surface area (Å²) < 4.78 is 12.8. The third kappa shape index (κ3) is 3.46. The van der Waals surface area contributed by atoms with E-state index in [2.05, 4.69) is 13.8 Å².